The molecule has 1 aromatic rings. The molecule has 0 spiro atoms. The molecule has 1 aromatic carbocycles. The van der Waals surface area contributed by atoms with E-state index < -0.39 is 27.6 Å². The Morgan fingerprint density at radius 1 is 1.41 bits per heavy atom. The molecule has 2 aliphatic heterocycles. The van der Waals surface area contributed by atoms with E-state index in [-0.39, 0.29) is 28.3 Å². The van der Waals surface area contributed by atoms with Gasteiger partial charge in [0.15, 0.2) is 15.0 Å². The van der Waals surface area contributed by atoms with E-state index in [0.717, 1.165) is 0 Å². The van der Waals surface area contributed by atoms with E-state index in [0.29, 0.717) is 5.17 Å². The van der Waals surface area contributed by atoms with Crippen molar-refractivity contribution in [3.63, 3.8) is 0 Å². The smallest absolute Gasteiger partial charge is 0.262 e. The number of carbonyl (C=O) groups excluding carboxylic acids is 1. The lowest BCUT2D eigenvalue weighted by molar-refractivity contribution is -0.115. The molecule has 0 unspecified atom stereocenters. The van der Waals surface area contributed by atoms with Gasteiger partial charge in [0.2, 0.25) is 0 Å². The third kappa shape index (κ3) is 2.87. The quantitative estimate of drug-likeness (QED) is 0.749. The van der Waals surface area contributed by atoms with Crippen LogP contribution in [0.3, 0.4) is 0 Å². The van der Waals surface area contributed by atoms with Crippen molar-refractivity contribution in [2.24, 2.45) is 4.99 Å². The average Bonchev–Trinajstić information content (AvgIpc) is 2.91. The molecule has 3 rings (SSSR count). The fourth-order valence-electron chi connectivity index (χ4n) is 2.63. The van der Waals surface area contributed by atoms with Gasteiger partial charge in [0, 0.05) is 5.25 Å². The van der Waals surface area contributed by atoms with Crippen LogP contribution in [0.2, 0.25) is 0 Å². The van der Waals surface area contributed by atoms with Gasteiger partial charge in [-0.3, -0.25) is 4.79 Å². The van der Waals surface area contributed by atoms with Gasteiger partial charge >= 0.3 is 0 Å². The summed E-state index contributed by atoms with van der Waals surface area (Å²) in [6.45, 7) is 0. The summed E-state index contributed by atoms with van der Waals surface area (Å²) in [5.41, 5.74) is 0.223. The molecule has 0 N–H and O–H groups in total. The summed E-state index contributed by atoms with van der Waals surface area (Å²) in [5.74, 6) is -1.37. The molecule has 0 saturated carbocycles. The van der Waals surface area contributed by atoms with Crippen LogP contribution in [-0.2, 0) is 14.6 Å². The number of rotatable bonds is 2. The van der Waals surface area contributed by atoms with Crippen molar-refractivity contribution in [2.45, 2.75) is 11.3 Å². The van der Waals surface area contributed by atoms with E-state index >= 15 is 0 Å². The van der Waals surface area contributed by atoms with Gasteiger partial charge in [0.25, 0.3) is 5.91 Å². The van der Waals surface area contributed by atoms with Gasteiger partial charge in [-0.1, -0.05) is 23.9 Å². The zero-order chi connectivity index (χ0) is 15.9. The van der Waals surface area contributed by atoms with Crippen molar-refractivity contribution in [2.75, 3.05) is 22.3 Å². The van der Waals surface area contributed by atoms with E-state index in [2.05, 4.69) is 4.99 Å². The van der Waals surface area contributed by atoms with Crippen LogP contribution in [0.5, 0.6) is 0 Å². The van der Waals surface area contributed by atoms with E-state index in [4.69, 9.17) is 11.6 Å². The minimum absolute atomic E-state index is 0.00136. The first-order valence-corrected chi connectivity index (χ1v) is 9.73. The average molecular weight is 363 g/mol. The summed E-state index contributed by atoms with van der Waals surface area (Å²) in [7, 11) is -3.17. The summed E-state index contributed by atoms with van der Waals surface area (Å²) >= 11 is 6.66. The highest BCUT2D eigenvalue weighted by Crippen LogP contribution is 2.41. The first kappa shape index (κ1) is 15.8. The molecule has 118 valence electrons. The molecule has 0 bridgehead atoms. The number of amides is 1. The Hall–Kier alpha value is -1.12. The number of benzene rings is 1. The Kier molecular flexibility index (Phi) is 4.17. The zero-order valence-electron chi connectivity index (χ0n) is 11.3. The molecule has 9 heteroatoms. The van der Waals surface area contributed by atoms with Gasteiger partial charge in [-0.15, -0.1) is 11.6 Å². The molecule has 2 aliphatic rings. The highest BCUT2D eigenvalue weighted by molar-refractivity contribution is 8.16. The van der Waals surface area contributed by atoms with E-state index in [1.54, 1.807) is 18.2 Å². The monoisotopic (exact) mass is 362 g/mol. The molecule has 2 heterocycles. The first-order valence-electron chi connectivity index (χ1n) is 6.49. The minimum atomic E-state index is -3.17. The van der Waals surface area contributed by atoms with Crippen molar-refractivity contribution in [3.8, 4) is 0 Å². The first-order chi connectivity index (χ1) is 10.4. The number of para-hydroxylation sites is 1. The van der Waals surface area contributed by atoms with Crippen LogP contribution in [0.15, 0.2) is 29.3 Å². The summed E-state index contributed by atoms with van der Waals surface area (Å²) in [6.07, 6.45) is 0. The predicted molar refractivity (Wildman–Crippen MR) is 85.9 cm³/mol. The highest BCUT2D eigenvalue weighted by Gasteiger charge is 2.49. The maximum absolute atomic E-state index is 14.1. The standard InChI is InChI=1S/C13H12ClFN2O3S2/c14-5-12(18)16-13-17(9-4-2-1-3-8(9)15)10-6-22(19,20)7-11(10)21-13/h1-4,10-11H,5-7H2/t10-,11+/m0/s1. The largest absolute Gasteiger partial charge is 0.313 e. The summed E-state index contributed by atoms with van der Waals surface area (Å²) in [5, 5.41) is 0.0483. The zero-order valence-corrected chi connectivity index (χ0v) is 13.7. The molecular weight excluding hydrogens is 351 g/mol. The number of halogens is 2. The van der Waals surface area contributed by atoms with Crippen LogP contribution in [0.1, 0.15) is 0 Å². The Labute approximate surface area is 136 Å². The van der Waals surface area contributed by atoms with Crippen molar-refractivity contribution < 1.29 is 17.6 Å². The molecule has 22 heavy (non-hydrogen) atoms. The fraction of sp³-hybridized carbons (Fsp3) is 0.385. The van der Waals surface area contributed by atoms with E-state index in [1.165, 1.54) is 22.7 Å². The van der Waals surface area contributed by atoms with Gasteiger partial charge in [0.05, 0.1) is 23.2 Å². The number of carbonyl (C=O) groups is 1. The van der Waals surface area contributed by atoms with Crippen molar-refractivity contribution >= 4 is 50.0 Å². The molecule has 2 saturated heterocycles. The SMILES string of the molecule is O=C(CCl)N=C1S[C@@H]2CS(=O)(=O)C[C@@H]2N1c1ccccc1F. The maximum Gasteiger partial charge on any atom is 0.262 e. The fourth-order valence-corrected chi connectivity index (χ4v) is 6.61. The molecule has 5 nitrogen and oxygen atoms in total. The lowest BCUT2D eigenvalue weighted by atomic mass is 10.2. The van der Waals surface area contributed by atoms with Crippen LogP contribution >= 0.6 is 23.4 Å². The Morgan fingerprint density at radius 2 is 2.14 bits per heavy atom. The number of anilines is 1. The van der Waals surface area contributed by atoms with Gasteiger partial charge in [0.1, 0.15) is 11.7 Å². The second kappa shape index (κ2) is 5.82. The highest BCUT2D eigenvalue weighted by atomic mass is 35.5. The molecular formula is C13H12ClFN2O3S2. The third-order valence-corrected chi connectivity index (χ3v) is 6.95. The normalized spacial score (nSPS) is 28.1. The van der Waals surface area contributed by atoms with E-state index in [1.807, 2.05) is 0 Å². The maximum atomic E-state index is 14.1. The summed E-state index contributed by atoms with van der Waals surface area (Å²) in [4.78, 5) is 16.9. The van der Waals surface area contributed by atoms with Gasteiger partial charge < -0.3 is 4.90 Å². The number of amidine groups is 1. The number of thioether (sulfide) groups is 1. The number of hydrogen-bond donors (Lipinski definition) is 0. The van der Waals surface area contributed by atoms with Crippen LogP contribution in [0.25, 0.3) is 0 Å². The molecule has 2 atom stereocenters. The van der Waals surface area contributed by atoms with Crippen molar-refractivity contribution in [1.82, 2.24) is 0 Å². The number of aliphatic imine (C=N–C) groups is 1. The van der Waals surface area contributed by atoms with Crippen molar-refractivity contribution in [1.29, 1.82) is 0 Å². The molecule has 2 fully saturated rings. The Morgan fingerprint density at radius 3 is 2.82 bits per heavy atom. The summed E-state index contributed by atoms with van der Waals surface area (Å²) < 4.78 is 37.8. The van der Waals surface area contributed by atoms with Crippen LogP contribution < -0.4 is 4.90 Å². The third-order valence-electron chi connectivity index (χ3n) is 3.51. The van der Waals surface area contributed by atoms with Crippen LogP contribution in [0, 0.1) is 5.82 Å². The Bertz CT molecular complexity index is 753. The minimum Gasteiger partial charge on any atom is -0.313 e. The molecule has 1 amide bonds. The number of hydrogen-bond acceptors (Lipinski definition) is 4. The Balaban J connectivity index is 2.05. The van der Waals surface area contributed by atoms with Crippen LogP contribution in [0.4, 0.5) is 10.1 Å². The molecule has 0 radical (unpaired) electrons. The molecule has 0 aliphatic carbocycles. The number of sulfone groups is 1. The topological polar surface area (TPSA) is 66.8 Å². The van der Waals surface area contributed by atoms with Crippen LogP contribution in [-0.4, -0.2) is 48.2 Å². The second-order valence-electron chi connectivity index (χ2n) is 5.04. The lowest BCUT2D eigenvalue weighted by Gasteiger charge is -2.24. The lowest BCUT2D eigenvalue weighted by Crippen LogP contribution is -2.38. The number of alkyl halides is 1. The number of nitrogens with zero attached hydrogens (tertiary/aromatic N) is 2. The van der Waals surface area contributed by atoms with Gasteiger partial charge in [-0.05, 0) is 12.1 Å². The summed E-state index contributed by atoms with van der Waals surface area (Å²) in [6, 6.07) is 5.61. The predicted octanol–water partition coefficient (Wildman–Crippen LogP) is 1.67. The number of fused-ring (bicyclic) bond motifs is 1. The van der Waals surface area contributed by atoms with Gasteiger partial charge in [-0.2, -0.15) is 4.99 Å². The second-order valence-corrected chi connectivity index (χ2v) is 8.67. The van der Waals surface area contributed by atoms with Gasteiger partial charge in [-0.25, -0.2) is 12.8 Å². The molecule has 0 aromatic heterocycles. The van der Waals surface area contributed by atoms with Crippen molar-refractivity contribution in [3.05, 3.63) is 30.1 Å². The van der Waals surface area contributed by atoms with E-state index in [9.17, 15) is 17.6 Å².